The van der Waals surface area contributed by atoms with Crippen LogP contribution < -0.4 is 22.3 Å². The van der Waals surface area contributed by atoms with Gasteiger partial charge in [-0.2, -0.15) is 8.42 Å². The van der Waals surface area contributed by atoms with Gasteiger partial charge in [-0.3, -0.25) is 14.8 Å². The van der Waals surface area contributed by atoms with Crippen molar-refractivity contribution in [1.82, 2.24) is 0 Å². The summed E-state index contributed by atoms with van der Waals surface area (Å²) in [6.45, 7) is 1.90. The summed E-state index contributed by atoms with van der Waals surface area (Å²) >= 11 is 0.888. The smallest absolute Gasteiger partial charge is 0.340 e. The molecule has 16 nitrogen and oxygen atoms in total. The standard InChI is InChI=1S/C22H22N6O10S3/c1-11-2-4-12(5-3-11)25-27-20-14(23)9-15(24)21(19(20)22(30)31)28-26-16-7-6-13(8-17(16)41(33,34)35)40-36-18(29)10-39-38-37-32/h2-9,25,27,32H,10,23-24H2,1H3,(H,30,31)(H,33,34,35). The van der Waals surface area contributed by atoms with E-state index in [1.807, 2.05) is 19.1 Å². The first-order chi connectivity index (χ1) is 19.4. The quantitative estimate of drug-likeness (QED) is 0.0260. The van der Waals surface area contributed by atoms with E-state index in [-0.39, 0.29) is 39.1 Å². The van der Waals surface area contributed by atoms with E-state index >= 15 is 0 Å². The van der Waals surface area contributed by atoms with Gasteiger partial charge in [0.15, 0.2) is 0 Å². The molecule has 0 amide bonds. The van der Waals surface area contributed by atoms with Crippen LogP contribution in [-0.4, -0.2) is 41.0 Å². The molecular weight excluding hydrogens is 604 g/mol. The first kappa shape index (κ1) is 31.4. The number of azo groups is 1. The lowest BCUT2D eigenvalue weighted by Crippen LogP contribution is -2.15. The summed E-state index contributed by atoms with van der Waals surface area (Å²) in [4.78, 5) is 23.2. The van der Waals surface area contributed by atoms with Crippen LogP contribution in [0.1, 0.15) is 15.9 Å². The molecule has 3 aromatic rings. The number of carbonyl (C=O) groups excluding carboxylic acids is 1. The van der Waals surface area contributed by atoms with Gasteiger partial charge in [-0.15, -0.1) is 14.6 Å². The number of aryl methyl sites for hydroxylation is 1. The highest BCUT2D eigenvalue weighted by atomic mass is 32.2. The number of nitrogens with zero attached hydrogens (tertiary/aromatic N) is 2. The van der Waals surface area contributed by atoms with Gasteiger partial charge in [0, 0.05) is 16.9 Å². The molecule has 0 atom stereocenters. The number of nitrogen functional groups attached to an aromatic ring is 2. The Hall–Kier alpha value is -4.11. The van der Waals surface area contributed by atoms with Crippen LogP contribution in [-0.2, 0) is 28.5 Å². The van der Waals surface area contributed by atoms with Crippen molar-refractivity contribution in [2.24, 2.45) is 10.2 Å². The molecule has 9 N–H and O–H groups in total. The first-order valence-electron chi connectivity index (χ1n) is 10.9. The summed E-state index contributed by atoms with van der Waals surface area (Å²) in [5.74, 6) is -2.67. The molecule has 0 bridgehead atoms. The molecule has 0 aliphatic heterocycles. The van der Waals surface area contributed by atoms with Gasteiger partial charge in [-0.25, -0.2) is 10.1 Å². The van der Waals surface area contributed by atoms with Crippen LogP contribution in [0.25, 0.3) is 0 Å². The number of carbonyl (C=O) groups is 2. The molecule has 41 heavy (non-hydrogen) atoms. The van der Waals surface area contributed by atoms with Crippen LogP contribution in [0.5, 0.6) is 0 Å². The Morgan fingerprint density at radius 2 is 1.73 bits per heavy atom. The number of benzene rings is 3. The molecule has 0 heterocycles. The Balaban J connectivity index is 1.93. The Kier molecular flexibility index (Phi) is 10.7. The molecule has 218 valence electrons. The Morgan fingerprint density at radius 1 is 1.02 bits per heavy atom. The minimum absolute atomic E-state index is 0.0261. The number of carboxylic acid groups (broad SMARTS) is 1. The first-order valence-corrected chi connectivity index (χ1v) is 14.0. The molecule has 0 fully saturated rings. The third kappa shape index (κ3) is 8.69. The lowest BCUT2D eigenvalue weighted by molar-refractivity contribution is -0.432. The molecule has 0 radical (unpaired) electrons. The fourth-order valence-electron chi connectivity index (χ4n) is 3.09. The van der Waals surface area contributed by atoms with Crippen molar-refractivity contribution in [2.45, 2.75) is 16.7 Å². The number of hydrogen-bond acceptors (Lipinski definition) is 16. The van der Waals surface area contributed by atoms with Gasteiger partial charge in [0.25, 0.3) is 10.1 Å². The number of aromatic carboxylic acids is 1. The number of nitrogens with two attached hydrogens (primary N) is 2. The SMILES string of the molecule is Cc1ccc(NNc2c(N)cc(N)c(N=Nc3ccc(SOC(=O)CSOOO)cc3S(=O)(=O)O)c2C(=O)O)cc1. The maximum absolute atomic E-state index is 12.2. The molecule has 0 saturated carbocycles. The van der Waals surface area contributed by atoms with E-state index in [0.29, 0.717) is 29.8 Å². The number of hydrazine groups is 1. The molecule has 0 unspecified atom stereocenters. The summed E-state index contributed by atoms with van der Waals surface area (Å²) in [7, 11) is -4.88. The third-order valence-electron chi connectivity index (χ3n) is 4.91. The van der Waals surface area contributed by atoms with Gasteiger partial charge in [0.1, 0.15) is 27.6 Å². The highest BCUT2D eigenvalue weighted by Crippen LogP contribution is 2.39. The molecule has 0 saturated heterocycles. The predicted molar refractivity (Wildman–Crippen MR) is 150 cm³/mol. The van der Waals surface area contributed by atoms with Crippen LogP contribution in [0.4, 0.5) is 34.1 Å². The van der Waals surface area contributed by atoms with E-state index in [4.69, 9.17) is 20.9 Å². The average molecular weight is 627 g/mol. The molecule has 0 aromatic heterocycles. The number of anilines is 4. The minimum atomic E-state index is -4.88. The molecule has 3 aromatic carbocycles. The zero-order valence-electron chi connectivity index (χ0n) is 20.8. The zero-order valence-corrected chi connectivity index (χ0v) is 23.2. The van der Waals surface area contributed by atoms with Gasteiger partial charge < -0.3 is 26.2 Å². The Bertz CT molecular complexity index is 1570. The van der Waals surface area contributed by atoms with Crippen molar-refractivity contribution < 1.29 is 46.5 Å². The fraction of sp³-hybridized carbons (Fsp3) is 0.0909. The van der Waals surface area contributed by atoms with Gasteiger partial charge in [0.2, 0.25) is 0 Å². The molecule has 0 spiro atoms. The average Bonchev–Trinajstić information content (AvgIpc) is 2.91. The summed E-state index contributed by atoms with van der Waals surface area (Å²) in [6, 6.07) is 11.8. The van der Waals surface area contributed by atoms with E-state index in [9.17, 15) is 27.7 Å². The maximum Gasteiger partial charge on any atom is 0.340 e. The second-order valence-corrected chi connectivity index (χ2v) is 10.7. The van der Waals surface area contributed by atoms with Crippen molar-refractivity contribution in [2.75, 3.05) is 28.1 Å². The Labute approximate surface area is 241 Å². The monoisotopic (exact) mass is 626 g/mol. The second kappa shape index (κ2) is 14.0. The molecule has 0 aliphatic rings. The number of nitrogens with one attached hydrogen (secondary N) is 2. The summed E-state index contributed by atoms with van der Waals surface area (Å²) in [6.07, 6.45) is 0. The normalized spacial score (nSPS) is 11.4. The van der Waals surface area contributed by atoms with Crippen LogP contribution in [0, 0.1) is 6.92 Å². The zero-order chi connectivity index (χ0) is 30.2. The van der Waals surface area contributed by atoms with Crippen molar-refractivity contribution in [3.8, 4) is 0 Å². The largest absolute Gasteiger partial charge is 0.478 e. The molecular formula is C22H22N6O10S3. The Morgan fingerprint density at radius 3 is 2.37 bits per heavy atom. The highest BCUT2D eigenvalue weighted by molar-refractivity contribution is 7.96. The van der Waals surface area contributed by atoms with Gasteiger partial charge >= 0.3 is 11.9 Å². The van der Waals surface area contributed by atoms with E-state index in [0.717, 1.165) is 17.7 Å². The van der Waals surface area contributed by atoms with Gasteiger partial charge in [-0.1, -0.05) is 22.7 Å². The van der Waals surface area contributed by atoms with Crippen molar-refractivity contribution in [3.63, 3.8) is 0 Å². The topological polar surface area (TPSA) is 257 Å². The van der Waals surface area contributed by atoms with E-state index in [1.54, 1.807) is 12.1 Å². The molecule has 0 aliphatic carbocycles. The molecule has 19 heteroatoms. The van der Waals surface area contributed by atoms with Crippen LogP contribution in [0.2, 0.25) is 0 Å². The van der Waals surface area contributed by atoms with E-state index in [2.05, 4.69) is 30.5 Å². The summed E-state index contributed by atoms with van der Waals surface area (Å²) in [5, 5.41) is 29.0. The number of hydrogen-bond donors (Lipinski definition) is 7. The molecule has 3 rings (SSSR count). The van der Waals surface area contributed by atoms with Crippen LogP contribution in [0.15, 0.2) is 68.6 Å². The predicted octanol–water partition coefficient (Wildman–Crippen LogP) is 4.58. The summed E-state index contributed by atoms with van der Waals surface area (Å²) < 4.78 is 42.7. The van der Waals surface area contributed by atoms with E-state index < -0.39 is 32.5 Å². The van der Waals surface area contributed by atoms with Gasteiger partial charge in [0.05, 0.1) is 34.8 Å². The van der Waals surface area contributed by atoms with Crippen LogP contribution >= 0.6 is 24.1 Å². The lowest BCUT2D eigenvalue weighted by Gasteiger charge is -2.17. The second-order valence-electron chi connectivity index (χ2n) is 7.82. The number of carboxylic acids is 1. The van der Waals surface area contributed by atoms with Crippen molar-refractivity contribution in [1.29, 1.82) is 0 Å². The van der Waals surface area contributed by atoms with Gasteiger partial charge in [-0.05, 0) is 43.3 Å². The third-order valence-corrected chi connectivity index (χ3v) is 7.02. The summed E-state index contributed by atoms with van der Waals surface area (Å²) in [5.41, 5.74) is 17.7. The lowest BCUT2D eigenvalue weighted by atomic mass is 10.1. The van der Waals surface area contributed by atoms with Crippen molar-refractivity contribution >= 4 is 80.3 Å². The van der Waals surface area contributed by atoms with Crippen molar-refractivity contribution in [3.05, 3.63) is 59.7 Å². The fourth-order valence-corrected chi connectivity index (χ4v) is 4.67. The van der Waals surface area contributed by atoms with E-state index in [1.165, 1.54) is 12.1 Å². The maximum atomic E-state index is 12.2. The van der Waals surface area contributed by atoms with Crippen LogP contribution in [0.3, 0.4) is 0 Å². The highest BCUT2D eigenvalue weighted by Gasteiger charge is 2.23. The minimum Gasteiger partial charge on any atom is -0.478 e. The number of rotatable bonds is 13.